The van der Waals surface area contributed by atoms with Crippen molar-refractivity contribution >= 4 is 17.6 Å². The van der Waals surface area contributed by atoms with Crippen LogP contribution in [0, 0.1) is 0 Å². The average molecular weight is 349 g/mol. The number of thioether (sulfide) groups is 1. The molecule has 0 radical (unpaired) electrons. The number of ether oxygens (including phenoxy) is 1. The molecule has 0 N–H and O–H groups in total. The maximum Gasteiger partial charge on any atom is 0.418 e. The predicted molar refractivity (Wildman–Crippen MR) is 87.4 cm³/mol. The van der Waals surface area contributed by atoms with Gasteiger partial charge in [0.05, 0.1) is 12.2 Å². The molecular formula is C15H22F3N3OS. The number of anilines is 1. The molecule has 0 saturated heterocycles. The molecule has 0 saturated carbocycles. The van der Waals surface area contributed by atoms with Crippen LogP contribution < -0.4 is 9.64 Å². The first-order valence-corrected chi connectivity index (χ1v) is 8.72. The van der Waals surface area contributed by atoms with Gasteiger partial charge in [0.25, 0.3) is 0 Å². The summed E-state index contributed by atoms with van der Waals surface area (Å²) in [6, 6.07) is 1.05. The van der Waals surface area contributed by atoms with Crippen molar-refractivity contribution in [3.8, 4) is 5.75 Å². The van der Waals surface area contributed by atoms with Crippen molar-refractivity contribution in [2.45, 2.75) is 17.8 Å². The normalized spacial score (nSPS) is 21.3. The predicted octanol–water partition coefficient (Wildman–Crippen LogP) is 2.98. The van der Waals surface area contributed by atoms with E-state index in [4.69, 9.17) is 4.74 Å². The van der Waals surface area contributed by atoms with E-state index in [0.29, 0.717) is 24.2 Å². The van der Waals surface area contributed by atoms with Crippen LogP contribution in [0.2, 0.25) is 0 Å². The number of nitrogens with zero attached hydrogens (tertiary/aromatic N) is 3. The van der Waals surface area contributed by atoms with Crippen molar-refractivity contribution in [3.05, 3.63) is 17.8 Å². The van der Waals surface area contributed by atoms with E-state index in [0.717, 1.165) is 31.8 Å². The van der Waals surface area contributed by atoms with Crippen LogP contribution in [-0.4, -0.2) is 61.7 Å². The minimum absolute atomic E-state index is 0.201. The fraction of sp³-hybridized carbons (Fsp3) is 0.667. The van der Waals surface area contributed by atoms with Gasteiger partial charge in [-0.15, -0.1) is 0 Å². The van der Waals surface area contributed by atoms with Crippen LogP contribution in [0.4, 0.5) is 19.0 Å². The highest BCUT2D eigenvalue weighted by atomic mass is 32.2. The zero-order valence-electron chi connectivity index (χ0n) is 13.6. The lowest BCUT2D eigenvalue weighted by Gasteiger charge is -2.25. The summed E-state index contributed by atoms with van der Waals surface area (Å²) in [5.41, 5.74) is -0.780. The summed E-state index contributed by atoms with van der Waals surface area (Å²) in [6.07, 6.45) is -0.725. The van der Waals surface area contributed by atoms with Crippen molar-refractivity contribution < 1.29 is 17.9 Å². The number of halogens is 3. The molecule has 1 aliphatic heterocycles. The summed E-state index contributed by atoms with van der Waals surface area (Å²) in [7, 11) is 3.87. The van der Waals surface area contributed by atoms with Gasteiger partial charge in [-0.2, -0.15) is 24.9 Å². The molecule has 0 aromatic carbocycles. The van der Waals surface area contributed by atoms with E-state index in [1.807, 2.05) is 18.2 Å². The fourth-order valence-electron chi connectivity index (χ4n) is 2.43. The van der Waals surface area contributed by atoms with Gasteiger partial charge in [0.2, 0.25) is 0 Å². The Kier molecular flexibility index (Phi) is 6.02. The zero-order chi connectivity index (χ0) is 17.0. The van der Waals surface area contributed by atoms with E-state index < -0.39 is 11.7 Å². The van der Waals surface area contributed by atoms with Crippen LogP contribution in [0.25, 0.3) is 0 Å². The number of alkyl halides is 3. The highest BCUT2D eigenvalue weighted by Gasteiger charge is 2.32. The first-order valence-electron chi connectivity index (χ1n) is 7.43. The van der Waals surface area contributed by atoms with Gasteiger partial charge in [-0.25, -0.2) is 4.98 Å². The molecular weight excluding hydrogens is 327 g/mol. The van der Waals surface area contributed by atoms with Crippen LogP contribution >= 0.6 is 11.8 Å². The van der Waals surface area contributed by atoms with E-state index in [-0.39, 0.29) is 5.75 Å². The maximum atomic E-state index is 12.9. The summed E-state index contributed by atoms with van der Waals surface area (Å²) in [6.45, 7) is 2.79. The summed E-state index contributed by atoms with van der Waals surface area (Å²) in [5.74, 6) is 0.653. The quantitative estimate of drug-likeness (QED) is 0.777. The Morgan fingerprint density at radius 3 is 2.70 bits per heavy atom. The highest BCUT2D eigenvalue weighted by Crippen LogP contribution is 2.35. The lowest BCUT2D eigenvalue weighted by Crippen LogP contribution is -2.34. The van der Waals surface area contributed by atoms with Crippen molar-refractivity contribution in [2.75, 3.05) is 51.5 Å². The second-order valence-electron chi connectivity index (χ2n) is 5.72. The number of fused-ring (bicyclic) bond motifs is 1. The summed E-state index contributed by atoms with van der Waals surface area (Å²) in [4.78, 5) is 8.06. The van der Waals surface area contributed by atoms with Gasteiger partial charge in [0.15, 0.2) is 11.6 Å². The zero-order valence-corrected chi connectivity index (χ0v) is 14.4. The van der Waals surface area contributed by atoms with Gasteiger partial charge in [0.1, 0.15) is 0 Å². The Balaban J connectivity index is 2.28. The number of aromatic nitrogens is 1. The molecule has 0 bridgehead atoms. The maximum absolute atomic E-state index is 12.9. The molecule has 1 aliphatic rings. The lowest BCUT2D eigenvalue weighted by atomic mass is 10.2. The lowest BCUT2D eigenvalue weighted by molar-refractivity contribution is -0.137. The van der Waals surface area contributed by atoms with Crippen molar-refractivity contribution in [1.82, 2.24) is 9.88 Å². The fourth-order valence-corrected chi connectivity index (χ4v) is 3.17. The Morgan fingerprint density at radius 1 is 1.30 bits per heavy atom. The number of hydrogen-bond donors (Lipinski definition) is 0. The molecule has 0 amide bonds. The molecule has 0 spiro atoms. The third-order valence-corrected chi connectivity index (χ3v) is 4.94. The molecule has 8 heteroatoms. The first kappa shape index (κ1) is 18.2. The minimum atomic E-state index is -4.42. The smallest absolute Gasteiger partial charge is 0.418 e. The van der Waals surface area contributed by atoms with Crippen LogP contribution in [0.3, 0.4) is 0 Å². The molecule has 0 aliphatic carbocycles. The number of rotatable bonds is 1. The molecule has 1 aromatic rings. The second kappa shape index (κ2) is 7.61. The summed E-state index contributed by atoms with van der Waals surface area (Å²) >= 11 is 1.75. The Hall–Kier alpha value is -1.15. The van der Waals surface area contributed by atoms with Gasteiger partial charge in [0, 0.05) is 38.1 Å². The number of pyridine rings is 1. The van der Waals surface area contributed by atoms with Gasteiger partial charge in [-0.05, 0) is 25.8 Å². The van der Waals surface area contributed by atoms with E-state index in [2.05, 4.69) is 16.9 Å². The van der Waals surface area contributed by atoms with Crippen LogP contribution in [0.1, 0.15) is 12.0 Å². The molecule has 1 aromatic heterocycles. The molecule has 2 heterocycles. The first-order chi connectivity index (χ1) is 10.8. The van der Waals surface area contributed by atoms with E-state index in [9.17, 15) is 13.2 Å². The van der Waals surface area contributed by atoms with Gasteiger partial charge in [-0.1, -0.05) is 0 Å². The second-order valence-corrected chi connectivity index (χ2v) is 6.86. The Bertz CT molecular complexity index is 527. The topological polar surface area (TPSA) is 28.6 Å². The average Bonchev–Trinajstić information content (AvgIpc) is 2.52. The van der Waals surface area contributed by atoms with Gasteiger partial charge < -0.3 is 14.5 Å². The van der Waals surface area contributed by atoms with Crippen molar-refractivity contribution in [1.29, 1.82) is 0 Å². The Morgan fingerprint density at radius 2 is 2.04 bits per heavy atom. The summed E-state index contributed by atoms with van der Waals surface area (Å²) < 4.78 is 44.3. The third kappa shape index (κ3) is 4.91. The van der Waals surface area contributed by atoms with Crippen LogP contribution in [-0.2, 0) is 6.18 Å². The van der Waals surface area contributed by atoms with Crippen LogP contribution in [0.15, 0.2) is 12.3 Å². The highest BCUT2D eigenvalue weighted by molar-refractivity contribution is 7.99. The summed E-state index contributed by atoms with van der Waals surface area (Å²) in [5, 5.41) is 0.394. The Labute approximate surface area is 139 Å². The molecule has 0 fully saturated rings. The molecule has 130 valence electrons. The molecule has 1 unspecified atom stereocenters. The standard InChI is InChI=1S/C15H22F3N3OS/c1-20-5-6-21(2)14-13(22-7-4-12(10-20)23-3)8-11(9-19-14)15(16,17)18/h8-9,12H,4-7,10H2,1-3H3. The van der Waals surface area contributed by atoms with E-state index >= 15 is 0 Å². The number of hydrogen-bond acceptors (Lipinski definition) is 5. The molecule has 23 heavy (non-hydrogen) atoms. The van der Waals surface area contributed by atoms with E-state index in [1.165, 1.54) is 0 Å². The van der Waals surface area contributed by atoms with Crippen molar-refractivity contribution in [3.63, 3.8) is 0 Å². The van der Waals surface area contributed by atoms with Crippen molar-refractivity contribution in [2.24, 2.45) is 0 Å². The molecule has 4 nitrogen and oxygen atoms in total. The van der Waals surface area contributed by atoms with Gasteiger partial charge in [-0.3, -0.25) is 0 Å². The molecule has 1 atom stereocenters. The largest absolute Gasteiger partial charge is 0.490 e. The SMILES string of the molecule is CSC1CCOc2cc(C(F)(F)F)cnc2N(C)CCN(C)C1. The van der Waals surface area contributed by atoms with E-state index in [1.54, 1.807) is 11.8 Å². The third-order valence-electron chi connectivity index (χ3n) is 3.88. The molecule has 2 rings (SSSR count). The minimum Gasteiger partial charge on any atom is -0.490 e. The number of likely N-dealkylation sites (N-methyl/N-ethyl adjacent to an activating group) is 2. The van der Waals surface area contributed by atoms with Gasteiger partial charge >= 0.3 is 6.18 Å². The van der Waals surface area contributed by atoms with Crippen LogP contribution in [0.5, 0.6) is 5.75 Å². The monoisotopic (exact) mass is 349 g/mol.